The van der Waals surface area contributed by atoms with Crippen molar-refractivity contribution in [1.29, 1.82) is 0 Å². The molecule has 0 spiro atoms. The Hall–Kier alpha value is -3.72. The minimum atomic E-state index is -1.46. The van der Waals surface area contributed by atoms with Gasteiger partial charge in [-0.15, -0.1) is 0 Å². The largest absolute Gasteiger partial charge is 0.480 e. The van der Waals surface area contributed by atoms with Crippen LogP contribution in [0.5, 0.6) is 0 Å². The fourth-order valence-electron chi connectivity index (χ4n) is 2.58. The molecule has 3 amide bonds. The molecule has 3 atom stereocenters. The number of hydrogen-bond donors (Lipinski definition) is 9. The molecule has 1 heterocycles. The van der Waals surface area contributed by atoms with Crippen molar-refractivity contribution >= 4 is 29.7 Å². The molecule has 0 saturated carbocycles. The molecule has 1 aromatic heterocycles. The second kappa shape index (κ2) is 13.6. The molecule has 15 heteroatoms. The average molecular weight is 455 g/mol. The first-order valence-electron chi connectivity index (χ1n) is 9.64. The Labute approximate surface area is 183 Å². The zero-order chi connectivity index (χ0) is 24.1. The van der Waals surface area contributed by atoms with Crippen LogP contribution in [-0.2, 0) is 25.6 Å². The predicted molar refractivity (Wildman–Crippen MR) is 112 cm³/mol. The third-order valence-electron chi connectivity index (χ3n) is 4.19. The van der Waals surface area contributed by atoms with Crippen molar-refractivity contribution in [2.75, 3.05) is 19.7 Å². The average Bonchev–Trinajstić information content (AvgIpc) is 3.25. The number of amides is 3. The lowest BCUT2D eigenvalue weighted by atomic mass is 10.1. The number of nitrogens with zero attached hydrogens (tertiary/aromatic N) is 2. The van der Waals surface area contributed by atoms with Crippen molar-refractivity contribution in [2.24, 2.45) is 22.2 Å². The number of rotatable bonds is 14. The summed E-state index contributed by atoms with van der Waals surface area (Å²) in [6.07, 6.45) is 3.11. The van der Waals surface area contributed by atoms with Crippen LogP contribution in [0, 0.1) is 0 Å². The van der Waals surface area contributed by atoms with Gasteiger partial charge in [0.25, 0.3) is 0 Å². The van der Waals surface area contributed by atoms with Crippen molar-refractivity contribution in [3.8, 4) is 0 Å². The minimum Gasteiger partial charge on any atom is -0.480 e. The number of carboxylic acid groups (broad SMARTS) is 1. The van der Waals surface area contributed by atoms with E-state index in [0.717, 1.165) is 0 Å². The number of aliphatic hydroxyl groups is 1. The van der Waals surface area contributed by atoms with Crippen LogP contribution in [0.2, 0.25) is 0 Å². The van der Waals surface area contributed by atoms with E-state index in [1.54, 1.807) is 0 Å². The molecule has 3 unspecified atom stereocenters. The number of guanidine groups is 1. The summed E-state index contributed by atoms with van der Waals surface area (Å²) in [7, 11) is 0. The fourth-order valence-corrected chi connectivity index (χ4v) is 2.58. The number of nitrogens with two attached hydrogens (primary N) is 3. The summed E-state index contributed by atoms with van der Waals surface area (Å²) in [6.45, 7) is -0.975. The highest BCUT2D eigenvalue weighted by Crippen LogP contribution is 2.02. The lowest BCUT2D eigenvalue weighted by molar-refractivity contribution is -0.142. The van der Waals surface area contributed by atoms with Crippen molar-refractivity contribution in [1.82, 2.24) is 25.9 Å². The number of carbonyl (C=O) groups excluding carboxylic acids is 3. The van der Waals surface area contributed by atoms with E-state index in [1.807, 2.05) is 0 Å². The van der Waals surface area contributed by atoms with E-state index in [9.17, 15) is 29.4 Å². The smallest absolute Gasteiger partial charge is 0.326 e. The maximum atomic E-state index is 12.6. The third kappa shape index (κ3) is 9.40. The lowest BCUT2D eigenvalue weighted by Crippen LogP contribution is -2.57. The number of imidazole rings is 1. The van der Waals surface area contributed by atoms with E-state index in [4.69, 9.17) is 17.2 Å². The SMILES string of the molecule is NCC(=O)NC(CCCN=C(N)N)C(=O)NC(CO)C(=O)NC(Cc1cnc[nH]1)C(=O)O. The number of aromatic amines is 1. The number of aliphatic imine (C=N–C) groups is 1. The monoisotopic (exact) mass is 455 g/mol. The highest BCUT2D eigenvalue weighted by atomic mass is 16.4. The molecule has 1 rings (SSSR count). The highest BCUT2D eigenvalue weighted by Gasteiger charge is 2.29. The number of aliphatic carboxylic acids is 1. The Balaban J connectivity index is 2.78. The summed E-state index contributed by atoms with van der Waals surface area (Å²) < 4.78 is 0. The number of aliphatic hydroxyl groups excluding tert-OH is 1. The van der Waals surface area contributed by atoms with Crippen LogP contribution in [0.25, 0.3) is 0 Å². The van der Waals surface area contributed by atoms with E-state index < -0.39 is 48.4 Å². The van der Waals surface area contributed by atoms with Gasteiger partial charge in [-0.3, -0.25) is 19.4 Å². The summed E-state index contributed by atoms with van der Waals surface area (Å²) in [6, 6.07) is -3.87. The van der Waals surface area contributed by atoms with E-state index in [-0.39, 0.29) is 31.9 Å². The Morgan fingerprint density at radius 1 is 1.09 bits per heavy atom. The van der Waals surface area contributed by atoms with Gasteiger partial charge >= 0.3 is 5.97 Å². The summed E-state index contributed by atoms with van der Waals surface area (Å²) in [4.78, 5) is 58.4. The number of aromatic nitrogens is 2. The van der Waals surface area contributed by atoms with E-state index in [1.165, 1.54) is 12.5 Å². The van der Waals surface area contributed by atoms with Gasteiger partial charge in [0.05, 0.1) is 19.5 Å². The van der Waals surface area contributed by atoms with Gasteiger partial charge in [0.2, 0.25) is 17.7 Å². The van der Waals surface area contributed by atoms with Crippen LogP contribution < -0.4 is 33.2 Å². The van der Waals surface area contributed by atoms with Crippen molar-refractivity contribution in [3.05, 3.63) is 18.2 Å². The van der Waals surface area contributed by atoms with Crippen molar-refractivity contribution in [2.45, 2.75) is 37.4 Å². The van der Waals surface area contributed by atoms with Gasteiger partial charge in [-0.25, -0.2) is 9.78 Å². The second-order valence-electron chi connectivity index (χ2n) is 6.70. The van der Waals surface area contributed by atoms with Gasteiger partial charge in [0.15, 0.2) is 5.96 Å². The first-order chi connectivity index (χ1) is 15.2. The molecule has 0 saturated heterocycles. The lowest BCUT2D eigenvalue weighted by Gasteiger charge is -2.23. The molecular weight excluding hydrogens is 426 g/mol. The van der Waals surface area contributed by atoms with Crippen LogP contribution in [0.1, 0.15) is 18.5 Å². The topological polar surface area (TPSA) is 264 Å². The minimum absolute atomic E-state index is 0.0901. The molecule has 1 aromatic rings. The van der Waals surface area contributed by atoms with Gasteiger partial charge in [0, 0.05) is 24.9 Å². The van der Waals surface area contributed by atoms with Gasteiger partial charge < -0.3 is 48.3 Å². The van der Waals surface area contributed by atoms with E-state index >= 15 is 0 Å². The van der Waals surface area contributed by atoms with Gasteiger partial charge in [-0.1, -0.05) is 0 Å². The molecule has 12 N–H and O–H groups in total. The molecular formula is C17H29N9O6. The van der Waals surface area contributed by atoms with Crippen LogP contribution in [-0.4, -0.2) is 87.7 Å². The van der Waals surface area contributed by atoms with Gasteiger partial charge in [-0.2, -0.15) is 0 Å². The molecule has 0 aliphatic carbocycles. The molecule has 0 aliphatic rings. The van der Waals surface area contributed by atoms with Crippen molar-refractivity contribution < 1.29 is 29.4 Å². The van der Waals surface area contributed by atoms with E-state index in [2.05, 4.69) is 30.9 Å². The number of H-pyrrole nitrogens is 1. The predicted octanol–water partition coefficient (Wildman–Crippen LogP) is -4.50. The number of hydrogen-bond acceptors (Lipinski definition) is 8. The third-order valence-corrected chi connectivity index (χ3v) is 4.19. The van der Waals surface area contributed by atoms with Gasteiger partial charge in [0.1, 0.15) is 18.1 Å². The zero-order valence-corrected chi connectivity index (χ0v) is 17.3. The van der Waals surface area contributed by atoms with Crippen LogP contribution in [0.15, 0.2) is 17.5 Å². The van der Waals surface area contributed by atoms with E-state index in [0.29, 0.717) is 12.1 Å². The summed E-state index contributed by atoms with van der Waals surface area (Å²) in [5.74, 6) is -3.74. The number of carbonyl (C=O) groups is 4. The fraction of sp³-hybridized carbons (Fsp3) is 0.529. The maximum absolute atomic E-state index is 12.6. The molecule has 0 fully saturated rings. The molecule has 32 heavy (non-hydrogen) atoms. The van der Waals surface area contributed by atoms with Crippen LogP contribution in [0.4, 0.5) is 0 Å². The van der Waals surface area contributed by atoms with Crippen LogP contribution in [0.3, 0.4) is 0 Å². The molecule has 0 aliphatic heterocycles. The van der Waals surface area contributed by atoms with Crippen LogP contribution >= 0.6 is 0 Å². The molecule has 15 nitrogen and oxygen atoms in total. The Bertz CT molecular complexity index is 794. The summed E-state index contributed by atoms with van der Waals surface area (Å²) >= 11 is 0. The van der Waals surface area contributed by atoms with Gasteiger partial charge in [-0.05, 0) is 12.8 Å². The summed E-state index contributed by atoms with van der Waals surface area (Å²) in [5, 5.41) is 25.8. The first kappa shape index (κ1) is 26.3. The van der Waals surface area contributed by atoms with Crippen molar-refractivity contribution in [3.63, 3.8) is 0 Å². The normalized spacial score (nSPS) is 13.3. The Morgan fingerprint density at radius 3 is 2.28 bits per heavy atom. The zero-order valence-electron chi connectivity index (χ0n) is 17.3. The first-order valence-corrected chi connectivity index (χ1v) is 9.64. The summed E-state index contributed by atoms with van der Waals surface area (Å²) in [5.41, 5.74) is 16.2. The molecule has 0 bridgehead atoms. The number of carboxylic acids is 1. The Kier molecular flexibility index (Phi) is 11.1. The standard InChI is InChI=1S/C17H29N9O6/c18-5-13(28)24-10(2-1-3-22-17(19)20)14(29)26-12(7-27)15(30)25-11(16(31)32)4-9-6-21-8-23-9/h6,8,10-12,27H,1-5,7,18H2,(H,21,23)(H,24,28)(H,25,30)(H,26,29)(H,31,32)(H4,19,20,22). The molecule has 0 aromatic carbocycles. The Morgan fingerprint density at radius 2 is 1.75 bits per heavy atom. The second-order valence-corrected chi connectivity index (χ2v) is 6.70. The molecule has 0 radical (unpaired) electrons. The quantitative estimate of drug-likeness (QED) is 0.0736. The molecule has 178 valence electrons. The number of nitrogens with one attached hydrogen (secondary N) is 4. The highest BCUT2D eigenvalue weighted by molar-refractivity contribution is 5.93. The maximum Gasteiger partial charge on any atom is 0.326 e.